The molecular formula is C23H19BrCl2N2O4. The normalized spacial score (nSPS) is 10.9. The second-order valence-corrected chi connectivity index (χ2v) is 8.30. The number of nitrogens with zero attached hydrogens (tertiary/aromatic N) is 1. The molecule has 0 spiro atoms. The molecule has 0 aliphatic rings. The third-order valence-corrected chi connectivity index (χ3v) is 5.24. The summed E-state index contributed by atoms with van der Waals surface area (Å²) in [6.45, 7) is 2.55. The minimum Gasteiger partial charge on any atom is -0.507 e. The fourth-order valence-corrected chi connectivity index (χ4v) is 3.48. The Morgan fingerprint density at radius 2 is 1.88 bits per heavy atom. The summed E-state index contributed by atoms with van der Waals surface area (Å²) in [5, 5.41) is 14.8. The second kappa shape index (κ2) is 11.2. The van der Waals surface area contributed by atoms with Gasteiger partial charge in [0, 0.05) is 9.50 Å². The molecule has 0 saturated heterocycles. The zero-order chi connectivity index (χ0) is 23.1. The molecule has 0 aliphatic carbocycles. The molecule has 3 aromatic carbocycles. The first-order valence-corrected chi connectivity index (χ1v) is 11.1. The first-order chi connectivity index (χ1) is 15.4. The van der Waals surface area contributed by atoms with Crippen LogP contribution in [0.2, 0.25) is 10.0 Å². The summed E-state index contributed by atoms with van der Waals surface area (Å²) in [7, 11) is 0. The molecule has 0 saturated carbocycles. The molecule has 3 rings (SSSR count). The molecule has 0 atom stereocenters. The molecule has 3 aromatic rings. The molecule has 6 nitrogen and oxygen atoms in total. The number of hydrogen-bond donors (Lipinski definition) is 2. The minimum absolute atomic E-state index is 0.0931. The lowest BCUT2D eigenvalue weighted by molar-refractivity contribution is 0.0952. The molecule has 0 heterocycles. The van der Waals surface area contributed by atoms with Crippen LogP contribution >= 0.6 is 39.1 Å². The summed E-state index contributed by atoms with van der Waals surface area (Å²) >= 11 is 15.6. The maximum absolute atomic E-state index is 12.3. The van der Waals surface area contributed by atoms with Crippen molar-refractivity contribution >= 4 is 51.3 Å². The van der Waals surface area contributed by atoms with Gasteiger partial charge in [-0.2, -0.15) is 5.10 Å². The van der Waals surface area contributed by atoms with Crippen LogP contribution in [-0.2, 0) is 6.61 Å². The topological polar surface area (TPSA) is 80.2 Å². The molecule has 32 heavy (non-hydrogen) atoms. The number of benzene rings is 3. The molecule has 0 unspecified atom stereocenters. The minimum atomic E-state index is -0.556. The standard InChI is InChI=1S/C23H19BrCl2N2O4/c1-2-31-21-10-15(12-27-28-23(30)18-11-16(24)5-8-20(18)29)9-19(26)22(21)32-13-14-3-6-17(25)7-4-14/h3-12,29H,2,13H2,1H3,(H,28,30)/b27-12-. The molecule has 0 aromatic heterocycles. The molecule has 2 N–H and O–H groups in total. The van der Waals surface area contributed by atoms with E-state index in [0.29, 0.717) is 38.2 Å². The van der Waals surface area contributed by atoms with E-state index in [-0.39, 0.29) is 17.9 Å². The predicted octanol–water partition coefficient (Wildman–Crippen LogP) is 6.20. The molecule has 166 valence electrons. The Hall–Kier alpha value is -2.74. The van der Waals surface area contributed by atoms with E-state index in [0.717, 1.165) is 5.56 Å². The van der Waals surface area contributed by atoms with Gasteiger partial charge in [-0.05, 0) is 60.5 Å². The number of phenols is 1. The lowest BCUT2D eigenvalue weighted by atomic mass is 10.2. The number of ether oxygens (including phenoxy) is 2. The lowest BCUT2D eigenvalue weighted by Crippen LogP contribution is -2.17. The summed E-state index contributed by atoms with van der Waals surface area (Å²) in [5.41, 5.74) is 3.99. The number of phenolic OH excluding ortho intramolecular Hbond substituents is 1. The van der Waals surface area contributed by atoms with E-state index in [1.165, 1.54) is 18.3 Å². The van der Waals surface area contributed by atoms with E-state index in [4.69, 9.17) is 32.7 Å². The third kappa shape index (κ3) is 6.38. The van der Waals surface area contributed by atoms with Crippen molar-refractivity contribution in [3.05, 3.63) is 85.8 Å². The first-order valence-electron chi connectivity index (χ1n) is 9.53. The Balaban J connectivity index is 1.73. The highest BCUT2D eigenvalue weighted by atomic mass is 79.9. The number of nitrogens with one attached hydrogen (secondary N) is 1. The van der Waals surface area contributed by atoms with E-state index in [1.54, 1.807) is 30.3 Å². The van der Waals surface area contributed by atoms with E-state index >= 15 is 0 Å². The van der Waals surface area contributed by atoms with Crippen molar-refractivity contribution in [1.82, 2.24) is 5.43 Å². The highest BCUT2D eigenvalue weighted by molar-refractivity contribution is 9.10. The number of amides is 1. The molecular weight excluding hydrogens is 519 g/mol. The fraction of sp³-hybridized carbons (Fsp3) is 0.130. The van der Waals surface area contributed by atoms with Gasteiger partial charge in [-0.3, -0.25) is 4.79 Å². The molecule has 0 aliphatic heterocycles. The Morgan fingerprint density at radius 1 is 1.12 bits per heavy atom. The van der Waals surface area contributed by atoms with Crippen molar-refractivity contribution in [2.75, 3.05) is 6.61 Å². The van der Waals surface area contributed by atoms with Crippen LogP contribution < -0.4 is 14.9 Å². The number of hydrogen-bond acceptors (Lipinski definition) is 5. The fourth-order valence-electron chi connectivity index (χ4n) is 2.72. The van der Waals surface area contributed by atoms with Crippen LogP contribution in [0.3, 0.4) is 0 Å². The molecule has 9 heteroatoms. The smallest absolute Gasteiger partial charge is 0.275 e. The maximum Gasteiger partial charge on any atom is 0.275 e. The predicted molar refractivity (Wildman–Crippen MR) is 129 cm³/mol. The summed E-state index contributed by atoms with van der Waals surface area (Å²) in [5.74, 6) is 0.152. The third-order valence-electron chi connectivity index (χ3n) is 4.21. The van der Waals surface area contributed by atoms with Gasteiger partial charge in [0.15, 0.2) is 11.5 Å². The van der Waals surface area contributed by atoms with Crippen molar-refractivity contribution in [2.24, 2.45) is 5.10 Å². The van der Waals surface area contributed by atoms with Crippen molar-refractivity contribution in [3.8, 4) is 17.2 Å². The zero-order valence-electron chi connectivity index (χ0n) is 16.9. The van der Waals surface area contributed by atoms with Crippen molar-refractivity contribution < 1.29 is 19.4 Å². The number of halogens is 3. The van der Waals surface area contributed by atoms with Gasteiger partial charge in [-0.1, -0.05) is 51.3 Å². The van der Waals surface area contributed by atoms with Crippen LogP contribution in [0.4, 0.5) is 0 Å². The van der Waals surface area contributed by atoms with Crippen molar-refractivity contribution in [2.45, 2.75) is 13.5 Å². The van der Waals surface area contributed by atoms with Crippen molar-refractivity contribution in [3.63, 3.8) is 0 Å². The Bertz CT molecular complexity index is 1140. The van der Waals surface area contributed by atoms with E-state index < -0.39 is 5.91 Å². The molecule has 0 bridgehead atoms. The summed E-state index contributed by atoms with van der Waals surface area (Å²) in [4.78, 5) is 12.3. The second-order valence-electron chi connectivity index (χ2n) is 6.54. The summed E-state index contributed by atoms with van der Waals surface area (Å²) in [6, 6.07) is 15.2. The Labute approximate surface area is 203 Å². The number of rotatable bonds is 8. The van der Waals surface area contributed by atoms with Crippen LogP contribution in [0.1, 0.15) is 28.4 Å². The van der Waals surface area contributed by atoms with E-state index in [9.17, 15) is 9.90 Å². The molecule has 1 amide bonds. The number of carbonyl (C=O) groups is 1. The maximum atomic E-state index is 12.3. The Morgan fingerprint density at radius 3 is 2.59 bits per heavy atom. The van der Waals surface area contributed by atoms with Gasteiger partial charge < -0.3 is 14.6 Å². The van der Waals surface area contributed by atoms with Crippen LogP contribution in [0.25, 0.3) is 0 Å². The average Bonchev–Trinajstić information content (AvgIpc) is 2.76. The Kier molecular flexibility index (Phi) is 8.39. The lowest BCUT2D eigenvalue weighted by Gasteiger charge is -2.14. The number of aromatic hydroxyl groups is 1. The molecule has 0 fully saturated rings. The van der Waals surface area contributed by atoms with Gasteiger partial charge in [0.1, 0.15) is 12.4 Å². The summed E-state index contributed by atoms with van der Waals surface area (Å²) < 4.78 is 12.2. The van der Waals surface area contributed by atoms with Crippen LogP contribution in [-0.4, -0.2) is 23.8 Å². The van der Waals surface area contributed by atoms with Crippen LogP contribution in [0, 0.1) is 0 Å². The van der Waals surface area contributed by atoms with Gasteiger partial charge in [0.25, 0.3) is 5.91 Å². The summed E-state index contributed by atoms with van der Waals surface area (Å²) in [6.07, 6.45) is 1.42. The van der Waals surface area contributed by atoms with E-state index in [1.807, 2.05) is 19.1 Å². The quantitative estimate of drug-likeness (QED) is 0.264. The van der Waals surface area contributed by atoms with Crippen LogP contribution in [0.5, 0.6) is 17.2 Å². The largest absolute Gasteiger partial charge is 0.507 e. The van der Waals surface area contributed by atoms with Gasteiger partial charge in [-0.15, -0.1) is 0 Å². The highest BCUT2D eigenvalue weighted by Crippen LogP contribution is 2.37. The molecule has 0 radical (unpaired) electrons. The van der Waals surface area contributed by atoms with Crippen LogP contribution in [0.15, 0.2) is 64.2 Å². The number of hydrazone groups is 1. The average molecular weight is 538 g/mol. The van der Waals surface area contributed by atoms with E-state index in [2.05, 4.69) is 26.5 Å². The van der Waals surface area contributed by atoms with Gasteiger partial charge in [-0.25, -0.2) is 5.43 Å². The van der Waals surface area contributed by atoms with Gasteiger partial charge in [0.2, 0.25) is 0 Å². The number of carbonyl (C=O) groups excluding carboxylic acids is 1. The van der Waals surface area contributed by atoms with Gasteiger partial charge in [0.05, 0.1) is 23.4 Å². The van der Waals surface area contributed by atoms with Crippen molar-refractivity contribution in [1.29, 1.82) is 0 Å². The SMILES string of the molecule is CCOc1cc(/C=N\NC(=O)c2cc(Br)ccc2O)cc(Cl)c1OCc1ccc(Cl)cc1. The monoisotopic (exact) mass is 536 g/mol. The first kappa shape index (κ1) is 23.9. The van der Waals surface area contributed by atoms with Gasteiger partial charge >= 0.3 is 0 Å². The highest BCUT2D eigenvalue weighted by Gasteiger charge is 2.14. The zero-order valence-corrected chi connectivity index (χ0v) is 20.0.